The van der Waals surface area contributed by atoms with Gasteiger partial charge >= 0.3 is 18.2 Å². The molecule has 9 heteroatoms. The Bertz CT molecular complexity index is 349. The first-order chi connectivity index (χ1) is 9.28. The number of alkyl halides is 3. The molecule has 1 rings (SSSR count). The predicted octanol–water partition coefficient (Wildman–Crippen LogP) is 1.21. The molecule has 0 spiro atoms. The zero-order valence-electron chi connectivity index (χ0n) is 10.8. The summed E-state index contributed by atoms with van der Waals surface area (Å²) in [5.74, 6) is -1.03. The highest BCUT2D eigenvalue weighted by Gasteiger charge is 2.27. The number of hydrogen-bond donors (Lipinski definition) is 2. The Balaban J connectivity index is 2.27. The van der Waals surface area contributed by atoms with Crippen molar-refractivity contribution in [3.8, 4) is 0 Å². The van der Waals surface area contributed by atoms with Gasteiger partial charge in [0.25, 0.3) is 0 Å². The Morgan fingerprint density at radius 1 is 1.40 bits per heavy atom. The summed E-state index contributed by atoms with van der Waals surface area (Å²) in [6.07, 6.45) is -6.15. The lowest BCUT2D eigenvalue weighted by molar-refractivity contribution is -0.141. The number of carbonyl (C=O) groups excluding carboxylic acids is 1. The van der Waals surface area contributed by atoms with Crippen LogP contribution in [0.4, 0.5) is 18.0 Å². The van der Waals surface area contributed by atoms with E-state index < -0.39 is 30.7 Å². The fraction of sp³-hybridized carbons (Fsp3) is 0.818. The highest BCUT2D eigenvalue weighted by Crippen LogP contribution is 2.20. The minimum Gasteiger partial charge on any atom is -0.481 e. The van der Waals surface area contributed by atoms with Gasteiger partial charge in [-0.15, -0.1) is 0 Å². The first kappa shape index (κ1) is 16.5. The zero-order valence-corrected chi connectivity index (χ0v) is 10.8. The van der Waals surface area contributed by atoms with Crippen LogP contribution in [0, 0.1) is 0 Å². The maximum atomic E-state index is 11.9. The topological polar surface area (TPSA) is 78.9 Å². The molecular formula is C11H17F3N2O4. The Morgan fingerprint density at radius 2 is 2.10 bits per heavy atom. The smallest absolute Gasteiger partial charge is 0.389 e. The Labute approximate surface area is 113 Å². The van der Waals surface area contributed by atoms with Crippen molar-refractivity contribution in [1.29, 1.82) is 0 Å². The number of carbonyl (C=O) groups is 2. The van der Waals surface area contributed by atoms with Crippen LogP contribution in [-0.4, -0.2) is 60.5 Å². The van der Waals surface area contributed by atoms with E-state index in [4.69, 9.17) is 9.84 Å². The highest BCUT2D eigenvalue weighted by molar-refractivity contribution is 5.74. The Morgan fingerprint density at radius 3 is 2.70 bits per heavy atom. The fourth-order valence-corrected chi connectivity index (χ4v) is 1.82. The van der Waals surface area contributed by atoms with E-state index in [9.17, 15) is 22.8 Å². The maximum Gasteiger partial charge on any atom is 0.389 e. The number of halogens is 3. The van der Waals surface area contributed by atoms with Gasteiger partial charge < -0.3 is 20.1 Å². The van der Waals surface area contributed by atoms with E-state index in [1.807, 2.05) is 0 Å². The van der Waals surface area contributed by atoms with Crippen LogP contribution in [0.2, 0.25) is 0 Å². The van der Waals surface area contributed by atoms with Gasteiger partial charge in [-0.3, -0.25) is 4.79 Å². The van der Waals surface area contributed by atoms with Gasteiger partial charge in [-0.2, -0.15) is 13.2 Å². The van der Waals surface area contributed by atoms with Gasteiger partial charge in [-0.05, 0) is 6.42 Å². The van der Waals surface area contributed by atoms with Gasteiger partial charge in [-0.1, -0.05) is 0 Å². The standard InChI is InChI=1S/C11H17F3N2O4/c12-11(13,14)2-1-3-15-10(19)16-4-5-20-8(7-16)6-9(17)18/h8H,1-7H2,(H,15,19)(H,17,18). The van der Waals surface area contributed by atoms with Gasteiger partial charge in [0.15, 0.2) is 0 Å². The number of morpholine rings is 1. The number of urea groups is 1. The predicted molar refractivity (Wildman–Crippen MR) is 62.3 cm³/mol. The molecular weight excluding hydrogens is 281 g/mol. The summed E-state index contributed by atoms with van der Waals surface area (Å²) in [6.45, 7) is 0.561. The second-order valence-corrected chi connectivity index (χ2v) is 4.49. The van der Waals surface area contributed by atoms with Crippen molar-refractivity contribution in [2.45, 2.75) is 31.5 Å². The average Bonchev–Trinajstić information content (AvgIpc) is 2.32. The summed E-state index contributed by atoms with van der Waals surface area (Å²) in [7, 11) is 0. The average molecular weight is 298 g/mol. The molecule has 1 unspecified atom stereocenters. The van der Waals surface area contributed by atoms with E-state index in [0.29, 0.717) is 6.54 Å². The van der Waals surface area contributed by atoms with Crippen LogP contribution >= 0.6 is 0 Å². The summed E-state index contributed by atoms with van der Waals surface area (Å²) >= 11 is 0. The first-order valence-electron chi connectivity index (χ1n) is 6.21. The summed E-state index contributed by atoms with van der Waals surface area (Å²) < 4.78 is 40.9. The molecule has 0 bridgehead atoms. The van der Waals surface area contributed by atoms with Gasteiger partial charge in [0.1, 0.15) is 0 Å². The van der Waals surface area contributed by atoms with Crippen LogP contribution in [0.5, 0.6) is 0 Å². The second-order valence-electron chi connectivity index (χ2n) is 4.49. The van der Waals surface area contributed by atoms with Gasteiger partial charge in [0, 0.05) is 26.1 Å². The van der Waals surface area contributed by atoms with Gasteiger partial charge in [0.2, 0.25) is 0 Å². The number of nitrogens with one attached hydrogen (secondary N) is 1. The molecule has 6 nitrogen and oxygen atoms in total. The lowest BCUT2D eigenvalue weighted by atomic mass is 10.2. The molecule has 0 saturated carbocycles. The molecule has 0 aromatic rings. The molecule has 1 fully saturated rings. The Hall–Kier alpha value is -1.51. The van der Waals surface area contributed by atoms with Crippen LogP contribution in [-0.2, 0) is 9.53 Å². The van der Waals surface area contributed by atoms with Crippen LogP contribution in [0.25, 0.3) is 0 Å². The molecule has 1 saturated heterocycles. The van der Waals surface area contributed by atoms with Crippen molar-refractivity contribution in [1.82, 2.24) is 10.2 Å². The molecule has 1 heterocycles. The van der Waals surface area contributed by atoms with E-state index in [1.54, 1.807) is 0 Å². The van der Waals surface area contributed by atoms with Crippen molar-refractivity contribution in [3.05, 3.63) is 0 Å². The molecule has 0 aromatic heterocycles. The quantitative estimate of drug-likeness (QED) is 0.748. The zero-order chi connectivity index (χ0) is 15.2. The number of carboxylic acid groups (broad SMARTS) is 1. The van der Waals surface area contributed by atoms with E-state index in [0.717, 1.165) is 0 Å². The van der Waals surface area contributed by atoms with Crippen LogP contribution in [0.3, 0.4) is 0 Å². The highest BCUT2D eigenvalue weighted by atomic mass is 19.4. The third-order valence-electron chi connectivity index (χ3n) is 2.74. The SMILES string of the molecule is O=C(O)CC1CN(C(=O)NCCCC(F)(F)F)CCO1. The molecule has 1 aliphatic rings. The summed E-state index contributed by atoms with van der Waals surface area (Å²) in [4.78, 5) is 23.6. The van der Waals surface area contributed by atoms with Gasteiger partial charge in [-0.25, -0.2) is 4.79 Å². The van der Waals surface area contributed by atoms with Gasteiger partial charge in [0.05, 0.1) is 19.1 Å². The molecule has 1 aliphatic heterocycles. The minimum atomic E-state index is -4.23. The molecule has 20 heavy (non-hydrogen) atoms. The van der Waals surface area contributed by atoms with E-state index >= 15 is 0 Å². The number of amides is 2. The fourth-order valence-electron chi connectivity index (χ4n) is 1.82. The lowest BCUT2D eigenvalue weighted by Gasteiger charge is -2.32. The molecule has 0 aliphatic carbocycles. The second kappa shape index (κ2) is 7.32. The molecule has 2 N–H and O–H groups in total. The molecule has 0 radical (unpaired) electrons. The monoisotopic (exact) mass is 298 g/mol. The van der Waals surface area contributed by atoms with Crippen molar-refractivity contribution < 1.29 is 32.6 Å². The van der Waals surface area contributed by atoms with Crippen molar-refractivity contribution in [2.75, 3.05) is 26.2 Å². The van der Waals surface area contributed by atoms with Crippen LogP contribution < -0.4 is 5.32 Å². The van der Waals surface area contributed by atoms with Crippen molar-refractivity contribution >= 4 is 12.0 Å². The number of rotatable bonds is 5. The number of ether oxygens (including phenoxy) is 1. The molecule has 1 atom stereocenters. The Kier molecular flexibility index (Phi) is 6.05. The van der Waals surface area contributed by atoms with E-state index in [2.05, 4.69) is 5.32 Å². The van der Waals surface area contributed by atoms with E-state index in [-0.39, 0.29) is 32.5 Å². The first-order valence-corrected chi connectivity index (χ1v) is 6.21. The maximum absolute atomic E-state index is 11.9. The van der Waals surface area contributed by atoms with E-state index in [1.165, 1.54) is 4.90 Å². The summed E-state index contributed by atoms with van der Waals surface area (Å²) in [5, 5.41) is 11.0. The molecule has 2 amide bonds. The van der Waals surface area contributed by atoms with Crippen molar-refractivity contribution in [2.24, 2.45) is 0 Å². The normalized spacial score (nSPS) is 19.8. The number of carboxylic acids is 1. The summed E-state index contributed by atoms with van der Waals surface area (Å²) in [6, 6.07) is -0.495. The third kappa shape index (κ3) is 6.60. The van der Waals surface area contributed by atoms with Crippen molar-refractivity contribution in [3.63, 3.8) is 0 Å². The third-order valence-corrected chi connectivity index (χ3v) is 2.74. The largest absolute Gasteiger partial charge is 0.481 e. The lowest BCUT2D eigenvalue weighted by Crippen LogP contribution is -2.50. The molecule has 116 valence electrons. The van der Waals surface area contributed by atoms with Crippen LogP contribution in [0.15, 0.2) is 0 Å². The number of hydrogen-bond acceptors (Lipinski definition) is 3. The number of aliphatic carboxylic acids is 1. The number of nitrogens with zero attached hydrogens (tertiary/aromatic N) is 1. The molecule has 0 aromatic carbocycles. The summed E-state index contributed by atoms with van der Waals surface area (Å²) in [5.41, 5.74) is 0. The minimum absolute atomic E-state index is 0.0701. The van der Waals surface area contributed by atoms with Crippen LogP contribution in [0.1, 0.15) is 19.3 Å².